The van der Waals surface area contributed by atoms with E-state index in [1.807, 2.05) is 12.1 Å². The lowest BCUT2D eigenvalue weighted by Crippen LogP contribution is -2.39. The second-order valence-corrected chi connectivity index (χ2v) is 7.63. The summed E-state index contributed by atoms with van der Waals surface area (Å²) in [5, 5.41) is 9.06. The zero-order valence-corrected chi connectivity index (χ0v) is 15.9. The molecule has 0 saturated carbocycles. The van der Waals surface area contributed by atoms with Crippen molar-refractivity contribution in [3.63, 3.8) is 0 Å². The Morgan fingerprint density at radius 1 is 1.14 bits per heavy atom. The molecule has 6 nitrogen and oxygen atoms in total. The molecular formula is C22H23NO5. The number of hydrogen-bond acceptors (Lipinski definition) is 4. The molecule has 1 fully saturated rings. The summed E-state index contributed by atoms with van der Waals surface area (Å²) in [6, 6.07) is 6.87. The predicted molar refractivity (Wildman–Crippen MR) is 102 cm³/mol. The summed E-state index contributed by atoms with van der Waals surface area (Å²) in [5.74, 6) is 0.244. The Bertz CT molecular complexity index is 941. The van der Waals surface area contributed by atoms with Crippen molar-refractivity contribution in [2.24, 2.45) is 0 Å². The fraction of sp³-hybridized carbons (Fsp3) is 0.409. The molecule has 0 spiro atoms. The fourth-order valence-corrected chi connectivity index (χ4v) is 4.35. The van der Waals surface area contributed by atoms with E-state index in [1.165, 1.54) is 0 Å². The van der Waals surface area contributed by atoms with Gasteiger partial charge in [0.25, 0.3) is 5.91 Å². The van der Waals surface area contributed by atoms with Crippen LogP contribution in [0.15, 0.2) is 28.7 Å². The highest BCUT2D eigenvalue weighted by Gasteiger charge is 2.34. The average molecular weight is 381 g/mol. The highest BCUT2D eigenvalue weighted by atomic mass is 16.4. The number of amides is 1. The van der Waals surface area contributed by atoms with Crippen LogP contribution in [-0.4, -0.2) is 40.8 Å². The Morgan fingerprint density at radius 3 is 2.61 bits per heavy atom. The maximum Gasteiger partial charge on any atom is 0.335 e. The number of furan rings is 1. The van der Waals surface area contributed by atoms with Gasteiger partial charge >= 0.3 is 5.97 Å². The predicted octanol–water partition coefficient (Wildman–Crippen LogP) is 3.83. The highest BCUT2D eigenvalue weighted by molar-refractivity contribution is 6.10. The molecule has 28 heavy (non-hydrogen) atoms. The number of carbonyl (C=O) groups is 3. The molecule has 1 atom stereocenters. The van der Waals surface area contributed by atoms with E-state index >= 15 is 0 Å². The monoisotopic (exact) mass is 381 g/mol. The lowest BCUT2D eigenvalue weighted by atomic mass is 9.89. The van der Waals surface area contributed by atoms with E-state index in [4.69, 9.17) is 9.52 Å². The molecule has 1 N–H and O–H groups in total. The molecule has 1 unspecified atom stereocenters. The maximum atomic E-state index is 13.3. The van der Waals surface area contributed by atoms with Crippen LogP contribution in [0.4, 0.5) is 0 Å². The zero-order chi connectivity index (χ0) is 19.8. The van der Waals surface area contributed by atoms with Gasteiger partial charge in [0, 0.05) is 31.8 Å². The molecule has 2 heterocycles. The molecule has 1 aliphatic heterocycles. The number of ketones is 1. The van der Waals surface area contributed by atoms with Gasteiger partial charge in [-0.2, -0.15) is 0 Å². The van der Waals surface area contributed by atoms with E-state index in [0.717, 1.165) is 24.8 Å². The number of carboxylic acids is 1. The van der Waals surface area contributed by atoms with E-state index < -0.39 is 5.97 Å². The first-order valence-electron chi connectivity index (χ1n) is 9.73. The van der Waals surface area contributed by atoms with Gasteiger partial charge in [-0.15, -0.1) is 0 Å². The third-order valence-electron chi connectivity index (χ3n) is 5.80. The number of aromatic carboxylic acids is 1. The minimum Gasteiger partial charge on any atom is -0.478 e. The SMILES string of the molecule is Cc1oc2c(c1C(=O)N1CCCC(c3ccc(C(=O)O)cc3)C1)C(=O)CCC2. The van der Waals surface area contributed by atoms with Crippen LogP contribution in [-0.2, 0) is 6.42 Å². The van der Waals surface area contributed by atoms with E-state index in [1.54, 1.807) is 24.0 Å². The summed E-state index contributed by atoms with van der Waals surface area (Å²) in [5.41, 5.74) is 2.21. The van der Waals surface area contributed by atoms with Gasteiger partial charge in [-0.05, 0) is 43.9 Å². The third-order valence-corrected chi connectivity index (χ3v) is 5.80. The molecule has 2 aliphatic rings. The second kappa shape index (κ2) is 7.26. The maximum absolute atomic E-state index is 13.3. The van der Waals surface area contributed by atoms with Crippen molar-refractivity contribution < 1.29 is 23.9 Å². The van der Waals surface area contributed by atoms with Crippen LogP contribution in [0.1, 0.15) is 79.8 Å². The van der Waals surface area contributed by atoms with Crippen molar-refractivity contribution in [3.05, 3.63) is 58.0 Å². The number of aryl methyl sites for hydroxylation is 2. The summed E-state index contributed by atoms with van der Waals surface area (Å²) in [6.45, 7) is 2.96. The van der Waals surface area contributed by atoms with Gasteiger partial charge in [0.15, 0.2) is 5.78 Å². The van der Waals surface area contributed by atoms with E-state index in [-0.39, 0.29) is 23.2 Å². The van der Waals surface area contributed by atoms with Gasteiger partial charge in [0.05, 0.1) is 16.7 Å². The molecule has 1 aliphatic carbocycles. The molecular weight excluding hydrogens is 358 g/mol. The number of Topliss-reactive ketones (excluding diaryl/α,β-unsaturated/α-hetero) is 1. The van der Waals surface area contributed by atoms with Crippen molar-refractivity contribution in [1.29, 1.82) is 0 Å². The Hall–Kier alpha value is -2.89. The minimum atomic E-state index is -0.947. The zero-order valence-electron chi connectivity index (χ0n) is 15.9. The molecule has 0 radical (unpaired) electrons. The van der Waals surface area contributed by atoms with E-state index in [0.29, 0.717) is 48.6 Å². The van der Waals surface area contributed by atoms with Gasteiger partial charge in [0.1, 0.15) is 11.5 Å². The third kappa shape index (κ3) is 3.23. The first-order valence-corrected chi connectivity index (χ1v) is 9.73. The van der Waals surface area contributed by atoms with Gasteiger partial charge in [-0.1, -0.05) is 12.1 Å². The standard InChI is InChI=1S/C22H23NO5/c1-13-19(20-17(24)5-2-6-18(20)28-13)21(25)23-11-3-4-16(12-23)14-7-9-15(10-8-14)22(26)27/h7-10,16H,2-6,11-12H2,1H3,(H,26,27). The average Bonchev–Trinajstić information content (AvgIpc) is 3.05. The number of piperidine rings is 1. The van der Waals surface area contributed by atoms with Crippen LogP contribution in [0.2, 0.25) is 0 Å². The topological polar surface area (TPSA) is 87.8 Å². The van der Waals surface area contributed by atoms with Gasteiger partial charge in [-0.25, -0.2) is 4.79 Å². The number of hydrogen-bond donors (Lipinski definition) is 1. The lowest BCUT2D eigenvalue weighted by molar-refractivity contribution is 0.0692. The Morgan fingerprint density at radius 2 is 1.89 bits per heavy atom. The summed E-state index contributed by atoms with van der Waals surface area (Å²) in [7, 11) is 0. The lowest BCUT2D eigenvalue weighted by Gasteiger charge is -2.33. The molecule has 146 valence electrons. The van der Waals surface area contributed by atoms with E-state index in [2.05, 4.69) is 0 Å². The van der Waals surface area contributed by atoms with Crippen LogP contribution in [0, 0.1) is 6.92 Å². The number of rotatable bonds is 3. The summed E-state index contributed by atoms with van der Waals surface area (Å²) >= 11 is 0. The van der Waals surface area contributed by atoms with Crippen molar-refractivity contribution in [2.45, 2.75) is 44.9 Å². The van der Waals surface area contributed by atoms with Crippen molar-refractivity contribution in [1.82, 2.24) is 4.90 Å². The Kier molecular flexibility index (Phi) is 4.79. The van der Waals surface area contributed by atoms with Crippen molar-refractivity contribution >= 4 is 17.7 Å². The first-order chi connectivity index (χ1) is 13.5. The largest absolute Gasteiger partial charge is 0.478 e. The minimum absolute atomic E-state index is 0.000677. The summed E-state index contributed by atoms with van der Waals surface area (Å²) in [4.78, 5) is 38.5. The van der Waals surface area contributed by atoms with E-state index in [9.17, 15) is 14.4 Å². The van der Waals surface area contributed by atoms with Crippen LogP contribution >= 0.6 is 0 Å². The fourth-order valence-electron chi connectivity index (χ4n) is 4.35. The molecule has 0 bridgehead atoms. The summed E-state index contributed by atoms with van der Waals surface area (Å²) in [6.07, 6.45) is 3.74. The number of fused-ring (bicyclic) bond motifs is 1. The Labute approximate surface area is 163 Å². The number of likely N-dealkylation sites (tertiary alicyclic amines) is 1. The number of benzene rings is 1. The molecule has 2 aromatic rings. The quantitative estimate of drug-likeness (QED) is 0.873. The van der Waals surface area contributed by atoms with Crippen molar-refractivity contribution in [3.8, 4) is 0 Å². The normalized spacial score (nSPS) is 19.4. The molecule has 1 saturated heterocycles. The molecule has 4 rings (SSSR count). The molecule has 1 aromatic carbocycles. The molecule has 1 amide bonds. The van der Waals surface area contributed by atoms with Crippen LogP contribution in [0.5, 0.6) is 0 Å². The first kappa shape index (κ1) is 18.5. The van der Waals surface area contributed by atoms with Gasteiger partial charge in [-0.3, -0.25) is 9.59 Å². The van der Waals surface area contributed by atoms with Crippen molar-refractivity contribution in [2.75, 3.05) is 13.1 Å². The number of carbonyl (C=O) groups excluding carboxylic acids is 2. The van der Waals surface area contributed by atoms with Crippen LogP contribution in [0.3, 0.4) is 0 Å². The Balaban J connectivity index is 1.57. The van der Waals surface area contributed by atoms with Crippen LogP contribution in [0.25, 0.3) is 0 Å². The second-order valence-electron chi connectivity index (χ2n) is 7.63. The van der Waals surface area contributed by atoms with Gasteiger partial charge < -0.3 is 14.4 Å². The molecule has 1 aromatic heterocycles. The smallest absolute Gasteiger partial charge is 0.335 e. The molecule has 6 heteroatoms. The van der Waals surface area contributed by atoms with Gasteiger partial charge in [0.2, 0.25) is 0 Å². The number of carboxylic acid groups (broad SMARTS) is 1. The van der Waals surface area contributed by atoms with Crippen LogP contribution < -0.4 is 0 Å². The number of nitrogens with zero attached hydrogens (tertiary/aromatic N) is 1. The highest BCUT2D eigenvalue weighted by Crippen LogP contribution is 2.33. The summed E-state index contributed by atoms with van der Waals surface area (Å²) < 4.78 is 5.74.